The van der Waals surface area contributed by atoms with Gasteiger partial charge in [0.2, 0.25) is 0 Å². The number of carbonyl (C=O) groups excluding carboxylic acids is 1. The molecule has 22 heavy (non-hydrogen) atoms. The second kappa shape index (κ2) is 7.07. The molecule has 0 atom stereocenters. The van der Waals surface area contributed by atoms with E-state index in [1.807, 2.05) is 12.1 Å². The molecule has 122 valence electrons. The van der Waals surface area contributed by atoms with E-state index in [4.69, 9.17) is 23.2 Å². The van der Waals surface area contributed by atoms with Gasteiger partial charge in [0.1, 0.15) is 0 Å². The Morgan fingerprint density at radius 1 is 1.41 bits per heavy atom. The maximum absolute atomic E-state index is 11.9. The normalized spacial score (nSPS) is 15.6. The van der Waals surface area contributed by atoms with Crippen LogP contribution in [0, 0.1) is 5.92 Å². The summed E-state index contributed by atoms with van der Waals surface area (Å²) in [5, 5.41) is 14.0. The van der Waals surface area contributed by atoms with Gasteiger partial charge in [0.15, 0.2) is 0 Å². The van der Waals surface area contributed by atoms with Crippen LogP contribution in [-0.2, 0) is 6.42 Å². The first kappa shape index (κ1) is 17.4. The third-order valence-electron chi connectivity index (χ3n) is 4.08. The van der Waals surface area contributed by atoms with Crippen LogP contribution in [0.15, 0.2) is 18.2 Å². The van der Waals surface area contributed by atoms with E-state index in [2.05, 4.69) is 5.32 Å². The van der Waals surface area contributed by atoms with Gasteiger partial charge in [-0.15, -0.1) is 0 Å². The van der Waals surface area contributed by atoms with Crippen molar-refractivity contribution >= 4 is 29.2 Å². The molecule has 1 aliphatic rings. The molecular weight excluding hydrogens is 323 g/mol. The summed E-state index contributed by atoms with van der Waals surface area (Å²) in [5.74, 6) is 0.158. The Labute approximate surface area is 141 Å². The Hall–Kier alpha value is -0.970. The van der Waals surface area contributed by atoms with Gasteiger partial charge < -0.3 is 15.3 Å². The van der Waals surface area contributed by atoms with Crippen LogP contribution in [0.4, 0.5) is 4.79 Å². The van der Waals surface area contributed by atoms with Crippen LogP contribution >= 0.6 is 23.2 Å². The third kappa shape index (κ3) is 4.51. The van der Waals surface area contributed by atoms with Gasteiger partial charge in [-0.3, -0.25) is 0 Å². The Bertz CT molecular complexity index is 537. The van der Waals surface area contributed by atoms with E-state index in [0.29, 0.717) is 29.7 Å². The number of hydrogen-bond acceptors (Lipinski definition) is 2. The van der Waals surface area contributed by atoms with Crippen LogP contribution < -0.4 is 5.32 Å². The highest BCUT2D eigenvalue weighted by atomic mass is 35.5. The summed E-state index contributed by atoms with van der Waals surface area (Å²) >= 11 is 12.0. The molecule has 0 aromatic heterocycles. The number of nitrogens with one attached hydrogen (secondary N) is 1. The summed E-state index contributed by atoms with van der Waals surface area (Å²) in [6.45, 7) is 5.38. The molecule has 1 heterocycles. The second-order valence-electron chi connectivity index (χ2n) is 6.33. The summed E-state index contributed by atoms with van der Waals surface area (Å²) in [6.07, 6.45) is 1.61. The second-order valence-corrected chi connectivity index (χ2v) is 7.17. The van der Waals surface area contributed by atoms with Crippen molar-refractivity contribution in [3.8, 4) is 0 Å². The number of halogens is 2. The van der Waals surface area contributed by atoms with E-state index in [-0.39, 0.29) is 11.9 Å². The highest BCUT2D eigenvalue weighted by Gasteiger charge is 2.39. The van der Waals surface area contributed by atoms with Crippen molar-refractivity contribution in [3.63, 3.8) is 0 Å². The monoisotopic (exact) mass is 344 g/mol. The molecule has 0 saturated carbocycles. The van der Waals surface area contributed by atoms with Crippen LogP contribution in [0.25, 0.3) is 0 Å². The highest BCUT2D eigenvalue weighted by Crippen LogP contribution is 2.26. The Morgan fingerprint density at radius 3 is 2.68 bits per heavy atom. The van der Waals surface area contributed by atoms with E-state index >= 15 is 0 Å². The zero-order chi connectivity index (χ0) is 16.3. The van der Waals surface area contributed by atoms with Crippen LogP contribution in [-0.4, -0.2) is 41.3 Å². The molecule has 2 N–H and O–H groups in total. The first-order valence-electron chi connectivity index (χ1n) is 7.46. The summed E-state index contributed by atoms with van der Waals surface area (Å²) < 4.78 is 0. The summed E-state index contributed by atoms with van der Waals surface area (Å²) in [7, 11) is 0. The minimum absolute atomic E-state index is 0.0669. The molecule has 0 aliphatic carbocycles. The van der Waals surface area contributed by atoms with Gasteiger partial charge in [-0.05, 0) is 44.4 Å². The molecular formula is C16H22Cl2N2O2. The fourth-order valence-corrected chi connectivity index (χ4v) is 2.90. The Kier molecular flexibility index (Phi) is 5.59. The minimum atomic E-state index is -0.720. The SMILES string of the molecule is CC(C)(O)C1CN(C(=O)NCCCc2ccc(Cl)cc2Cl)C1. The number of amides is 2. The Balaban J connectivity index is 1.66. The molecule has 6 heteroatoms. The van der Waals surface area contributed by atoms with Gasteiger partial charge in [-0.1, -0.05) is 29.3 Å². The number of aliphatic hydroxyl groups is 1. The maximum Gasteiger partial charge on any atom is 0.317 e. The Morgan fingerprint density at radius 2 is 2.09 bits per heavy atom. The van der Waals surface area contributed by atoms with Crippen molar-refractivity contribution < 1.29 is 9.90 Å². The minimum Gasteiger partial charge on any atom is -0.390 e. The molecule has 1 saturated heterocycles. The molecule has 2 rings (SSSR count). The lowest BCUT2D eigenvalue weighted by atomic mass is 9.85. The average molecular weight is 345 g/mol. The van der Waals surface area contributed by atoms with Gasteiger partial charge >= 0.3 is 6.03 Å². The van der Waals surface area contributed by atoms with Crippen molar-refractivity contribution in [2.24, 2.45) is 5.92 Å². The molecule has 2 amide bonds. The zero-order valence-electron chi connectivity index (χ0n) is 12.9. The molecule has 0 unspecified atom stereocenters. The number of rotatable bonds is 5. The molecule has 4 nitrogen and oxygen atoms in total. The van der Waals surface area contributed by atoms with Crippen molar-refractivity contribution in [2.45, 2.75) is 32.3 Å². The summed E-state index contributed by atoms with van der Waals surface area (Å²) in [4.78, 5) is 13.6. The highest BCUT2D eigenvalue weighted by molar-refractivity contribution is 6.35. The largest absolute Gasteiger partial charge is 0.390 e. The molecule has 0 spiro atoms. The van der Waals surface area contributed by atoms with E-state index in [0.717, 1.165) is 18.4 Å². The smallest absolute Gasteiger partial charge is 0.317 e. The van der Waals surface area contributed by atoms with Gasteiger partial charge in [-0.2, -0.15) is 0 Å². The lowest BCUT2D eigenvalue weighted by molar-refractivity contribution is -0.0457. The maximum atomic E-state index is 11.9. The zero-order valence-corrected chi connectivity index (χ0v) is 14.4. The molecule has 1 aromatic rings. The predicted octanol–water partition coefficient (Wildman–Crippen LogP) is 3.34. The van der Waals surface area contributed by atoms with E-state index in [1.54, 1.807) is 24.8 Å². The number of likely N-dealkylation sites (tertiary alicyclic amines) is 1. The van der Waals surface area contributed by atoms with Crippen molar-refractivity contribution in [3.05, 3.63) is 33.8 Å². The fraction of sp³-hybridized carbons (Fsp3) is 0.562. The van der Waals surface area contributed by atoms with Crippen LogP contribution in [0.5, 0.6) is 0 Å². The van der Waals surface area contributed by atoms with Crippen LogP contribution in [0.3, 0.4) is 0 Å². The van der Waals surface area contributed by atoms with Crippen molar-refractivity contribution in [1.29, 1.82) is 0 Å². The summed E-state index contributed by atoms with van der Waals surface area (Å²) in [5.41, 5.74) is 0.314. The van der Waals surface area contributed by atoms with Crippen molar-refractivity contribution in [2.75, 3.05) is 19.6 Å². The molecule has 0 radical (unpaired) electrons. The average Bonchev–Trinajstić information content (AvgIpc) is 2.33. The van der Waals surface area contributed by atoms with Gasteiger partial charge in [0, 0.05) is 35.6 Å². The first-order valence-corrected chi connectivity index (χ1v) is 8.22. The van der Waals surface area contributed by atoms with E-state index in [1.165, 1.54) is 0 Å². The lowest BCUT2D eigenvalue weighted by Gasteiger charge is -2.45. The predicted molar refractivity (Wildman–Crippen MR) is 89.5 cm³/mol. The third-order valence-corrected chi connectivity index (χ3v) is 4.67. The number of nitrogens with zero attached hydrogens (tertiary/aromatic N) is 1. The van der Waals surface area contributed by atoms with Crippen LogP contribution in [0.2, 0.25) is 10.0 Å². The van der Waals surface area contributed by atoms with Crippen molar-refractivity contribution in [1.82, 2.24) is 10.2 Å². The topological polar surface area (TPSA) is 52.6 Å². The van der Waals surface area contributed by atoms with E-state index < -0.39 is 5.60 Å². The first-order chi connectivity index (χ1) is 10.3. The van der Waals surface area contributed by atoms with Gasteiger partial charge in [0.25, 0.3) is 0 Å². The van der Waals surface area contributed by atoms with Gasteiger partial charge in [-0.25, -0.2) is 4.79 Å². The molecule has 1 fully saturated rings. The van der Waals surface area contributed by atoms with E-state index in [9.17, 15) is 9.90 Å². The fourth-order valence-electron chi connectivity index (χ4n) is 2.40. The van der Waals surface area contributed by atoms with Crippen LogP contribution in [0.1, 0.15) is 25.8 Å². The number of carbonyl (C=O) groups is 1. The summed E-state index contributed by atoms with van der Waals surface area (Å²) in [6, 6.07) is 5.39. The quantitative estimate of drug-likeness (QED) is 0.805. The molecule has 1 aliphatic heterocycles. The lowest BCUT2D eigenvalue weighted by Crippen LogP contribution is -2.59. The van der Waals surface area contributed by atoms with Gasteiger partial charge in [0.05, 0.1) is 5.60 Å². The number of aryl methyl sites for hydroxylation is 1. The number of hydrogen-bond donors (Lipinski definition) is 2. The number of urea groups is 1. The molecule has 1 aromatic carbocycles. The number of benzene rings is 1. The standard InChI is InChI=1S/C16H22Cl2N2O2/c1-16(2,22)12-9-20(10-12)15(21)19-7-3-4-11-5-6-13(17)8-14(11)18/h5-6,8,12,22H,3-4,7,9-10H2,1-2H3,(H,19,21). The molecule has 0 bridgehead atoms.